The molecule has 3 heteroatoms. The predicted octanol–water partition coefficient (Wildman–Crippen LogP) is 2.79. The summed E-state index contributed by atoms with van der Waals surface area (Å²) in [4.78, 5) is 24.3. The van der Waals surface area contributed by atoms with Gasteiger partial charge in [-0.15, -0.1) is 0 Å². The number of allylic oxidation sites excluding steroid dienone is 1. The SMILES string of the molecule is CC(=C1C(=O)OC2(CCCCC2)C1=O)C(C)C. The smallest absolute Gasteiger partial charge is 0.342 e. The Morgan fingerprint density at radius 2 is 1.76 bits per heavy atom. The molecule has 0 aromatic rings. The van der Waals surface area contributed by atoms with Crippen LogP contribution in [0.25, 0.3) is 0 Å². The van der Waals surface area contributed by atoms with Crippen LogP contribution in [0.3, 0.4) is 0 Å². The van der Waals surface area contributed by atoms with Gasteiger partial charge in [0.05, 0.1) is 0 Å². The first kappa shape index (κ1) is 12.3. The van der Waals surface area contributed by atoms with Gasteiger partial charge in [-0.3, -0.25) is 4.79 Å². The second-order valence-corrected chi connectivity index (χ2v) is 5.49. The standard InChI is InChI=1S/C14H20O3/c1-9(2)10(3)11-12(15)14(17-13(11)16)7-5-4-6-8-14/h9H,4-8H2,1-3H3. The Kier molecular flexibility index (Phi) is 3.11. The second-order valence-electron chi connectivity index (χ2n) is 5.49. The van der Waals surface area contributed by atoms with Gasteiger partial charge in [-0.2, -0.15) is 0 Å². The molecular formula is C14H20O3. The lowest BCUT2D eigenvalue weighted by Crippen LogP contribution is -2.38. The van der Waals surface area contributed by atoms with Crippen molar-refractivity contribution < 1.29 is 14.3 Å². The number of ether oxygens (including phenoxy) is 1. The summed E-state index contributed by atoms with van der Waals surface area (Å²) in [5.74, 6) is -0.253. The molecule has 0 amide bonds. The third-order valence-electron chi connectivity index (χ3n) is 4.05. The van der Waals surface area contributed by atoms with E-state index in [1.807, 2.05) is 20.8 Å². The highest BCUT2D eigenvalue weighted by atomic mass is 16.6. The molecule has 1 aliphatic heterocycles. The zero-order chi connectivity index (χ0) is 12.6. The molecule has 1 aliphatic carbocycles. The van der Waals surface area contributed by atoms with Gasteiger partial charge in [-0.1, -0.05) is 25.8 Å². The molecule has 0 aromatic carbocycles. The van der Waals surface area contributed by atoms with Crippen molar-refractivity contribution in [3.63, 3.8) is 0 Å². The summed E-state index contributed by atoms with van der Waals surface area (Å²) in [6.07, 6.45) is 4.49. The van der Waals surface area contributed by atoms with Gasteiger partial charge in [0.2, 0.25) is 5.78 Å². The lowest BCUT2D eigenvalue weighted by Gasteiger charge is -2.29. The zero-order valence-electron chi connectivity index (χ0n) is 10.8. The number of Topliss-reactive ketones (excluding diaryl/α,β-unsaturated/α-hetero) is 1. The van der Waals surface area contributed by atoms with Crippen molar-refractivity contribution in [2.24, 2.45) is 5.92 Å². The summed E-state index contributed by atoms with van der Waals surface area (Å²) in [6, 6.07) is 0. The Morgan fingerprint density at radius 3 is 2.29 bits per heavy atom. The highest BCUT2D eigenvalue weighted by molar-refractivity contribution is 6.25. The van der Waals surface area contributed by atoms with Gasteiger partial charge in [0.1, 0.15) is 5.57 Å². The molecule has 0 aromatic heterocycles. The van der Waals surface area contributed by atoms with Gasteiger partial charge in [-0.05, 0) is 38.5 Å². The fourth-order valence-corrected chi connectivity index (χ4v) is 2.68. The average molecular weight is 236 g/mol. The molecule has 2 rings (SSSR count). The van der Waals surface area contributed by atoms with E-state index >= 15 is 0 Å². The van der Waals surface area contributed by atoms with Crippen LogP contribution in [0.5, 0.6) is 0 Å². The molecule has 0 N–H and O–H groups in total. The highest BCUT2D eigenvalue weighted by Crippen LogP contribution is 2.41. The van der Waals surface area contributed by atoms with Gasteiger partial charge >= 0.3 is 5.97 Å². The van der Waals surface area contributed by atoms with Crippen molar-refractivity contribution in [2.75, 3.05) is 0 Å². The van der Waals surface area contributed by atoms with Crippen LogP contribution in [0.4, 0.5) is 0 Å². The highest BCUT2D eigenvalue weighted by Gasteiger charge is 2.52. The van der Waals surface area contributed by atoms with E-state index in [1.165, 1.54) is 0 Å². The summed E-state index contributed by atoms with van der Waals surface area (Å²) in [5.41, 5.74) is 0.380. The molecule has 3 nitrogen and oxygen atoms in total. The number of hydrogen-bond acceptors (Lipinski definition) is 3. The van der Waals surface area contributed by atoms with Crippen molar-refractivity contribution >= 4 is 11.8 Å². The van der Waals surface area contributed by atoms with Gasteiger partial charge in [-0.25, -0.2) is 4.79 Å². The first-order chi connectivity index (χ1) is 7.98. The minimum absolute atomic E-state index is 0.0617. The summed E-state index contributed by atoms with van der Waals surface area (Å²) >= 11 is 0. The number of carbonyl (C=O) groups excluding carboxylic acids is 2. The molecule has 0 bridgehead atoms. The molecule has 1 heterocycles. The van der Waals surface area contributed by atoms with Crippen molar-refractivity contribution in [3.8, 4) is 0 Å². The van der Waals surface area contributed by atoms with E-state index in [9.17, 15) is 9.59 Å². The molecular weight excluding hydrogens is 216 g/mol. The van der Waals surface area contributed by atoms with E-state index in [0.29, 0.717) is 18.4 Å². The van der Waals surface area contributed by atoms with Crippen molar-refractivity contribution in [1.29, 1.82) is 0 Å². The number of rotatable bonds is 1. The fraction of sp³-hybridized carbons (Fsp3) is 0.714. The van der Waals surface area contributed by atoms with E-state index in [0.717, 1.165) is 24.8 Å². The Hall–Kier alpha value is -1.12. The molecule has 1 saturated carbocycles. The minimum atomic E-state index is -0.805. The zero-order valence-corrected chi connectivity index (χ0v) is 10.8. The third kappa shape index (κ3) is 1.92. The first-order valence-electron chi connectivity index (χ1n) is 6.47. The van der Waals surface area contributed by atoms with Crippen molar-refractivity contribution in [1.82, 2.24) is 0 Å². The third-order valence-corrected chi connectivity index (χ3v) is 4.05. The monoisotopic (exact) mass is 236 g/mol. The van der Waals surface area contributed by atoms with Crippen LogP contribution in [0.2, 0.25) is 0 Å². The van der Waals surface area contributed by atoms with Crippen molar-refractivity contribution in [3.05, 3.63) is 11.1 Å². The quantitative estimate of drug-likeness (QED) is 0.399. The largest absolute Gasteiger partial charge is 0.447 e. The Balaban J connectivity index is 2.37. The maximum atomic E-state index is 12.4. The van der Waals surface area contributed by atoms with E-state index in [-0.39, 0.29) is 11.7 Å². The second kappa shape index (κ2) is 4.28. The average Bonchev–Trinajstić information content (AvgIpc) is 2.51. The van der Waals surface area contributed by atoms with E-state index in [2.05, 4.69) is 0 Å². The number of hydrogen-bond donors (Lipinski definition) is 0. The Bertz CT molecular complexity index is 384. The van der Waals surface area contributed by atoms with E-state index in [4.69, 9.17) is 4.74 Å². The number of carbonyl (C=O) groups is 2. The molecule has 2 aliphatic rings. The fourth-order valence-electron chi connectivity index (χ4n) is 2.68. The number of esters is 1. The van der Waals surface area contributed by atoms with Crippen LogP contribution in [0, 0.1) is 5.92 Å². The summed E-state index contributed by atoms with van der Waals surface area (Å²) < 4.78 is 5.44. The lowest BCUT2D eigenvalue weighted by atomic mass is 9.80. The van der Waals surface area contributed by atoms with Gasteiger partial charge in [0.15, 0.2) is 5.60 Å². The van der Waals surface area contributed by atoms with Crippen LogP contribution in [0.1, 0.15) is 52.9 Å². The van der Waals surface area contributed by atoms with Crippen LogP contribution < -0.4 is 0 Å². The van der Waals surface area contributed by atoms with Crippen LogP contribution in [0.15, 0.2) is 11.1 Å². The first-order valence-corrected chi connectivity index (χ1v) is 6.47. The Labute approximate surface area is 102 Å². The maximum Gasteiger partial charge on any atom is 0.342 e. The molecule has 0 unspecified atom stereocenters. The van der Waals surface area contributed by atoms with Crippen LogP contribution >= 0.6 is 0 Å². The molecule has 1 saturated heterocycles. The minimum Gasteiger partial charge on any atom is -0.447 e. The molecule has 2 fully saturated rings. The molecule has 17 heavy (non-hydrogen) atoms. The maximum absolute atomic E-state index is 12.4. The predicted molar refractivity (Wildman–Crippen MR) is 64.5 cm³/mol. The molecule has 0 atom stereocenters. The molecule has 0 radical (unpaired) electrons. The normalized spacial score (nSPS) is 26.6. The van der Waals surface area contributed by atoms with Crippen LogP contribution in [-0.2, 0) is 14.3 Å². The van der Waals surface area contributed by atoms with Gasteiger partial charge < -0.3 is 4.74 Å². The summed E-state index contributed by atoms with van der Waals surface area (Å²) in [5, 5.41) is 0. The van der Waals surface area contributed by atoms with Gasteiger partial charge in [0, 0.05) is 0 Å². The molecule has 94 valence electrons. The van der Waals surface area contributed by atoms with Gasteiger partial charge in [0.25, 0.3) is 0 Å². The van der Waals surface area contributed by atoms with Crippen molar-refractivity contribution in [2.45, 2.75) is 58.5 Å². The van der Waals surface area contributed by atoms with Crippen LogP contribution in [-0.4, -0.2) is 17.4 Å². The van der Waals surface area contributed by atoms with E-state index < -0.39 is 11.6 Å². The van der Waals surface area contributed by atoms with E-state index in [1.54, 1.807) is 0 Å². The summed E-state index contributed by atoms with van der Waals surface area (Å²) in [7, 11) is 0. The topological polar surface area (TPSA) is 43.4 Å². The number of ketones is 1. The summed E-state index contributed by atoms with van der Waals surface area (Å²) in [6.45, 7) is 5.85. The Morgan fingerprint density at radius 1 is 1.18 bits per heavy atom. The lowest BCUT2D eigenvalue weighted by molar-refractivity contribution is -0.154. The molecule has 1 spiro atoms.